The number of hydrogen-bond acceptors (Lipinski definition) is 4. The molecule has 1 aromatic heterocycles. The fraction of sp³-hybridized carbons (Fsp3) is 0.250. The van der Waals surface area contributed by atoms with Crippen molar-refractivity contribution in [3.8, 4) is 0 Å². The number of esters is 1. The molecule has 0 aliphatic carbocycles. The van der Waals surface area contributed by atoms with E-state index >= 15 is 0 Å². The number of H-pyrrole nitrogens is 1. The van der Waals surface area contributed by atoms with E-state index in [9.17, 15) is 13.2 Å². The van der Waals surface area contributed by atoms with Gasteiger partial charge in [-0.1, -0.05) is 18.2 Å². The molecular formula is C12H15N3O4S. The normalized spacial score (nSPS) is 11.8. The maximum atomic E-state index is 12.0. The van der Waals surface area contributed by atoms with Crippen molar-refractivity contribution in [2.24, 2.45) is 0 Å². The number of anilines is 1. The second kappa shape index (κ2) is 5.14. The van der Waals surface area contributed by atoms with E-state index in [0.29, 0.717) is 10.9 Å². The van der Waals surface area contributed by atoms with Crippen LogP contribution in [0.15, 0.2) is 24.3 Å². The lowest BCUT2D eigenvalue weighted by atomic mass is 10.2. The van der Waals surface area contributed by atoms with Crippen LogP contribution in [0.3, 0.4) is 0 Å². The molecule has 2 N–H and O–H groups in total. The fourth-order valence-corrected chi connectivity index (χ4v) is 2.38. The smallest absolute Gasteiger partial charge is 0.356 e. The predicted octanol–water partition coefficient (Wildman–Crippen LogP) is 1.17. The molecular weight excluding hydrogens is 282 g/mol. The summed E-state index contributed by atoms with van der Waals surface area (Å²) in [7, 11) is 0.309. The van der Waals surface area contributed by atoms with Gasteiger partial charge in [0.05, 0.1) is 12.8 Å². The van der Waals surface area contributed by atoms with Gasteiger partial charge in [-0.05, 0) is 6.07 Å². The summed E-state index contributed by atoms with van der Waals surface area (Å²) in [6.07, 6.45) is 0. The van der Waals surface area contributed by atoms with E-state index in [1.54, 1.807) is 24.3 Å². The van der Waals surface area contributed by atoms with Crippen LogP contribution in [0.1, 0.15) is 10.5 Å². The van der Waals surface area contributed by atoms with Gasteiger partial charge in [0.1, 0.15) is 0 Å². The Morgan fingerprint density at radius 1 is 1.30 bits per heavy atom. The van der Waals surface area contributed by atoms with Crippen LogP contribution in [0.5, 0.6) is 0 Å². The number of aromatic nitrogens is 1. The Morgan fingerprint density at radius 2 is 1.95 bits per heavy atom. The van der Waals surface area contributed by atoms with E-state index in [0.717, 1.165) is 4.31 Å². The molecule has 0 aliphatic rings. The molecule has 0 bridgehead atoms. The summed E-state index contributed by atoms with van der Waals surface area (Å²) >= 11 is 0. The van der Waals surface area contributed by atoms with Crippen molar-refractivity contribution in [1.82, 2.24) is 9.29 Å². The third-order valence-electron chi connectivity index (χ3n) is 2.81. The third kappa shape index (κ3) is 2.47. The summed E-state index contributed by atoms with van der Waals surface area (Å²) in [5.41, 5.74) is 0.893. The zero-order chi connectivity index (χ0) is 14.9. The quantitative estimate of drug-likeness (QED) is 0.829. The molecule has 7 nitrogen and oxygen atoms in total. The largest absolute Gasteiger partial charge is 0.464 e. The van der Waals surface area contributed by atoms with E-state index < -0.39 is 16.2 Å². The molecule has 2 rings (SSSR count). The number of nitrogens with one attached hydrogen (secondary N) is 2. The van der Waals surface area contributed by atoms with E-state index in [1.165, 1.54) is 21.2 Å². The highest BCUT2D eigenvalue weighted by molar-refractivity contribution is 7.90. The summed E-state index contributed by atoms with van der Waals surface area (Å²) in [5, 5.41) is 0.596. The highest BCUT2D eigenvalue weighted by Crippen LogP contribution is 2.29. The molecule has 0 aliphatic heterocycles. The number of methoxy groups -OCH3 is 1. The number of nitrogens with zero attached hydrogens (tertiary/aromatic N) is 1. The average Bonchev–Trinajstić information content (AvgIpc) is 2.76. The summed E-state index contributed by atoms with van der Waals surface area (Å²) in [5.74, 6) is -0.641. The Kier molecular flexibility index (Phi) is 3.69. The lowest BCUT2D eigenvalue weighted by Gasteiger charge is -2.13. The van der Waals surface area contributed by atoms with Crippen molar-refractivity contribution >= 4 is 32.8 Å². The standard InChI is InChI=1S/C12H15N3O4S/c1-15(2)20(17,18)14-10-8-6-4-5-7-9(8)13-11(10)12(16)19-3/h4-7,13-14H,1-3H3. The number of benzene rings is 1. The van der Waals surface area contributed by atoms with Gasteiger partial charge in [0.15, 0.2) is 5.69 Å². The van der Waals surface area contributed by atoms with Gasteiger partial charge >= 0.3 is 16.2 Å². The van der Waals surface area contributed by atoms with Gasteiger partial charge in [-0.3, -0.25) is 4.72 Å². The number of fused-ring (bicyclic) bond motifs is 1. The Balaban J connectivity index is 2.63. The monoisotopic (exact) mass is 297 g/mol. The van der Waals surface area contributed by atoms with Gasteiger partial charge in [-0.25, -0.2) is 4.79 Å². The maximum Gasteiger partial charge on any atom is 0.356 e. The predicted molar refractivity (Wildman–Crippen MR) is 75.9 cm³/mol. The molecule has 0 fully saturated rings. The van der Waals surface area contributed by atoms with Crippen molar-refractivity contribution in [1.29, 1.82) is 0 Å². The Morgan fingerprint density at radius 3 is 2.55 bits per heavy atom. The van der Waals surface area contributed by atoms with Crippen molar-refractivity contribution < 1.29 is 17.9 Å². The first-order valence-corrected chi connectivity index (χ1v) is 7.20. The zero-order valence-corrected chi connectivity index (χ0v) is 12.1. The van der Waals surface area contributed by atoms with Crippen LogP contribution < -0.4 is 4.72 Å². The summed E-state index contributed by atoms with van der Waals surface area (Å²) < 4.78 is 32.0. The van der Waals surface area contributed by atoms with E-state index in [4.69, 9.17) is 0 Å². The van der Waals surface area contributed by atoms with Crippen LogP contribution in [0.2, 0.25) is 0 Å². The van der Waals surface area contributed by atoms with Crippen LogP contribution in [0.4, 0.5) is 5.69 Å². The molecule has 0 amide bonds. The molecule has 0 radical (unpaired) electrons. The summed E-state index contributed by atoms with van der Waals surface area (Å²) in [6.45, 7) is 0. The molecule has 0 unspecified atom stereocenters. The minimum Gasteiger partial charge on any atom is -0.464 e. The average molecular weight is 297 g/mol. The lowest BCUT2D eigenvalue weighted by molar-refractivity contribution is 0.0596. The topological polar surface area (TPSA) is 91.5 Å². The number of hydrogen-bond donors (Lipinski definition) is 2. The molecule has 1 heterocycles. The van der Waals surface area contributed by atoms with Gasteiger partial charge in [0.2, 0.25) is 0 Å². The Bertz CT molecular complexity index is 749. The number of aromatic amines is 1. The second-order valence-corrected chi connectivity index (χ2v) is 6.19. The zero-order valence-electron chi connectivity index (χ0n) is 11.3. The van der Waals surface area contributed by atoms with Crippen LogP contribution in [0, 0.1) is 0 Å². The molecule has 20 heavy (non-hydrogen) atoms. The molecule has 108 valence electrons. The van der Waals surface area contributed by atoms with Gasteiger partial charge in [-0.15, -0.1) is 0 Å². The molecule has 0 saturated carbocycles. The SMILES string of the molecule is COC(=O)c1[nH]c2ccccc2c1NS(=O)(=O)N(C)C. The van der Waals surface area contributed by atoms with Crippen LogP contribution >= 0.6 is 0 Å². The minimum absolute atomic E-state index is 0.0686. The minimum atomic E-state index is -3.72. The molecule has 0 spiro atoms. The lowest BCUT2D eigenvalue weighted by Crippen LogP contribution is -2.29. The van der Waals surface area contributed by atoms with E-state index in [2.05, 4.69) is 14.4 Å². The van der Waals surface area contributed by atoms with E-state index in [-0.39, 0.29) is 11.4 Å². The van der Waals surface area contributed by atoms with Gasteiger partial charge < -0.3 is 9.72 Å². The van der Waals surface area contributed by atoms with Crippen LogP contribution in [0.25, 0.3) is 10.9 Å². The number of ether oxygens (including phenoxy) is 1. The first-order chi connectivity index (χ1) is 9.36. The summed E-state index contributed by atoms with van der Waals surface area (Å²) in [4.78, 5) is 14.6. The number of para-hydroxylation sites is 1. The third-order valence-corrected chi connectivity index (χ3v) is 4.23. The first kappa shape index (κ1) is 14.4. The van der Waals surface area contributed by atoms with Gasteiger partial charge in [0, 0.05) is 25.0 Å². The number of rotatable bonds is 4. The van der Waals surface area contributed by atoms with Crippen molar-refractivity contribution in [3.63, 3.8) is 0 Å². The van der Waals surface area contributed by atoms with Crippen LogP contribution in [-0.2, 0) is 14.9 Å². The van der Waals surface area contributed by atoms with Crippen molar-refractivity contribution in [2.75, 3.05) is 25.9 Å². The molecule has 0 atom stereocenters. The van der Waals surface area contributed by atoms with Gasteiger partial charge in [-0.2, -0.15) is 12.7 Å². The molecule has 2 aromatic rings. The highest BCUT2D eigenvalue weighted by atomic mass is 32.2. The first-order valence-electron chi connectivity index (χ1n) is 5.76. The van der Waals surface area contributed by atoms with Crippen molar-refractivity contribution in [2.45, 2.75) is 0 Å². The van der Waals surface area contributed by atoms with E-state index in [1.807, 2.05) is 0 Å². The van der Waals surface area contributed by atoms with Crippen molar-refractivity contribution in [3.05, 3.63) is 30.0 Å². The Hall–Kier alpha value is -2.06. The fourth-order valence-electron chi connectivity index (χ4n) is 1.72. The molecule has 8 heteroatoms. The van der Waals surface area contributed by atoms with Gasteiger partial charge in [0.25, 0.3) is 0 Å². The highest BCUT2D eigenvalue weighted by Gasteiger charge is 2.23. The van der Waals surface area contributed by atoms with Crippen LogP contribution in [-0.4, -0.2) is 44.9 Å². The number of carbonyl (C=O) groups excluding carboxylic acids is 1. The molecule has 1 aromatic carbocycles. The number of carbonyl (C=O) groups is 1. The Labute approximate surface area is 116 Å². The second-order valence-electron chi connectivity index (χ2n) is 4.30. The summed E-state index contributed by atoms with van der Waals surface area (Å²) in [6, 6.07) is 7.00. The maximum absolute atomic E-state index is 12.0. The molecule has 0 saturated heterocycles.